The number of halogens is 1. The van der Waals surface area contributed by atoms with Crippen LogP contribution in [0, 0.1) is 0 Å². The van der Waals surface area contributed by atoms with E-state index >= 15 is 0 Å². The van der Waals surface area contributed by atoms with Crippen LogP contribution in [0.4, 0.5) is 4.39 Å². The number of pyridine rings is 1. The number of nitrogens with zero attached hydrogens (tertiary/aromatic N) is 1. The Hall–Kier alpha value is -1.29. The molecule has 0 N–H and O–H groups in total. The lowest BCUT2D eigenvalue weighted by Gasteiger charge is -2.20. The van der Waals surface area contributed by atoms with Crippen molar-refractivity contribution in [2.75, 3.05) is 13.2 Å². The highest BCUT2D eigenvalue weighted by atomic mass is 31.2. The van der Waals surface area contributed by atoms with Crippen LogP contribution in [-0.2, 0) is 13.6 Å². The van der Waals surface area contributed by atoms with Gasteiger partial charge in [0.05, 0.1) is 18.7 Å². The summed E-state index contributed by atoms with van der Waals surface area (Å²) in [6.07, 6.45) is 1.37. The second kappa shape index (κ2) is 6.44. The molecule has 2 rings (SSSR count). The normalized spacial score (nSPS) is 13.6. The van der Waals surface area contributed by atoms with E-state index in [4.69, 9.17) is 9.05 Å². The van der Waals surface area contributed by atoms with Gasteiger partial charge in [0.25, 0.3) is 0 Å². The Labute approximate surface area is 117 Å². The summed E-state index contributed by atoms with van der Waals surface area (Å²) in [7, 11) is -3.82. The van der Waals surface area contributed by atoms with Crippen molar-refractivity contribution in [2.45, 2.75) is 19.8 Å². The van der Waals surface area contributed by atoms with Crippen LogP contribution in [0.1, 0.15) is 25.3 Å². The number of hydrogen-bond donors (Lipinski definition) is 0. The van der Waals surface area contributed by atoms with Gasteiger partial charge < -0.3 is 9.05 Å². The molecule has 0 radical (unpaired) electrons. The molecule has 1 heterocycles. The molecule has 2 aromatic rings. The van der Waals surface area contributed by atoms with E-state index in [0.29, 0.717) is 0 Å². The zero-order valence-corrected chi connectivity index (χ0v) is 12.3. The summed E-state index contributed by atoms with van der Waals surface area (Å²) in [6.45, 7) is 3.55. The molecule has 0 aliphatic carbocycles. The number of benzene rings is 1. The zero-order chi connectivity index (χ0) is 14.6. The molecule has 0 aliphatic heterocycles. The first-order chi connectivity index (χ1) is 9.60. The summed E-state index contributed by atoms with van der Waals surface area (Å²) in [5.41, 5.74) is 0.958. The fourth-order valence-electron chi connectivity index (χ4n) is 1.93. The lowest BCUT2D eigenvalue weighted by atomic mass is 10.2. The lowest BCUT2D eigenvalue weighted by molar-refractivity contribution is 0.190. The molecular formula is C14H17FNO3P. The molecule has 1 aromatic heterocycles. The predicted octanol–water partition coefficient (Wildman–Crippen LogP) is 4.47. The standard InChI is InChI=1S/C14H17FNO3P/c1-3-18-20(17,19-4-2)14(15)12-9-11-7-5-6-8-13(11)16-10-12/h5-10,14H,3-4H2,1-2H3/t14-/m0/s1. The fourth-order valence-corrected chi connectivity index (χ4v) is 3.49. The molecule has 0 unspecified atom stereocenters. The number of alkyl halides is 1. The van der Waals surface area contributed by atoms with E-state index < -0.39 is 13.5 Å². The molecule has 1 atom stereocenters. The van der Waals surface area contributed by atoms with Crippen molar-refractivity contribution in [1.29, 1.82) is 0 Å². The van der Waals surface area contributed by atoms with Crippen molar-refractivity contribution in [3.8, 4) is 0 Å². The van der Waals surface area contributed by atoms with Gasteiger partial charge in [-0.1, -0.05) is 18.2 Å². The van der Waals surface area contributed by atoms with E-state index in [1.165, 1.54) is 6.20 Å². The largest absolute Gasteiger partial charge is 0.369 e. The van der Waals surface area contributed by atoms with Crippen LogP contribution in [0.5, 0.6) is 0 Å². The molecule has 0 bridgehead atoms. The van der Waals surface area contributed by atoms with Gasteiger partial charge in [0, 0.05) is 17.1 Å². The molecule has 0 aliphatic rings. The van der Waals surface area contributed by atoms with E-state index in [1.54, 1.807) is 19.9 Å². The molecule has 0 spiro atoms. The summed E-state index contributed by atoms with van der Waals surface area (Å²) in [4.78, 5) is 4.16. The topological polar surface area (TPSA) is 48.4 Å². The lowest BCUT2D eigenvalue weighted by Crippen LogP contribution is -2.03. The van der Waals surface area contributed by atoms with E-state index in [0.717, 1.165) is 10.9 Å². The van der Waals surface area contributed by atoms with Gasteiger partial charge in [-0.25, -0.2) is 4.39 Å². The summed E-state index contributed by atoms with van der Waals surface area (Å²) in [5, 5.41) is 0.784. The molecular weight excluding hydrogens is 280 g/mol. The second-order valence-corrected chi connectivity index (χ2v) is 6.22. The molecule has 1 aromatic carbocycles. The molecule has 20 heavy (non-hydrogen) atoms. The summed E-state index contributed by atoms with van der Waals surface area (Å²) in [5.74, 6) is -1.83. The highest BCUT2D eigenvalue weighted by molar-refractivity contribution is 7.54. The number of rotatable bonds is 6. The second-order valence-electron chi connectivity index (χ2n) is 4.17. The van der Waals surface area contributed by atoms with Crippen molar-refractivity contribution in [3.05, 3.63) is 42.1 Å². The number of hydrogen-bond acceptors (Lipinski definition) is 4. The van der Waals surface area contributed by atoms with Crippen molar-refractivity contribution < 1.29 is 18.0 Å². The Balaban J connectivity index is 2.38. The first-order valence-corrected chi connectivity index (χ1v) is 8.09. The smallest absolute Gasteiger partial charge is 0.307 e. The Bertz CT molecular complexity index is 625. The molecule has 108 valence electrons. The third-order valence-corrected chi connectivity index (χ3v) is 4.87. The van der Waals surface area contributed by atoms with Crippen LogP contribution in [-0.4, -0.2) is 18.2 Å². The summed E-state index contributed by atoms with van der Waals surface area (Å²) < 4.78 is 37.0. The van der Waals surface area contributed by atoms with Crippen LogP contribution in [0.2, 0.25) is 0 Å². The zero-order valence-electron chi connectivity index (χ0n) is 11.5. The maximum Gasteiger partial charge on any atom is 0.369 e. The third-order valence-electron chi connectivity index (χ3n) is 2.78. The maximum absolute atomic E-state index is 14.5. The van der Waals surface area contributed by atoms with Crippen molar-refractivity contribution >= 4 is 18.5 Å². The van der Waals surface area contributed by atoms with Crippen LogP contribution >= 0.6 is 7.60 Å². The van der Waals surface area contributed by atoms with E-state index in [-0.39, 0.29) is 18.8 Å². The average molecular weight is 297 g/mol. The van der Waals surface area contributed by atoms with Gasteiger partial charge in [-0.05, 0) is 26.0 Å². The first-order valence-electron chi connectivity index (χ1n) is 6.48. The fraction of sp³-hybridized carbons (Fsp3) is 0.357. The molecule has 0 saturated heterocycles. The van der Waals surface area contributed by atoms with Gasteiger partial charge >= 0.3 is 7.60 Å². The monoisotopic (exact) mass is 297 g/mol. The van der Waals surface area contributed by atoms with Crippen molar-refractivity contribution in [1.82, 2.24) is 4.98 Å². The minimum atomic E-state index is -3.82. The summed E-state index contributed by atoms with van der Waals surface area (Å²) >= 11 is 0. The van der Waals surface area contributed by atoms with Crippen LogP contribution in [0.25, 0.3) is 10.9 Å². The Morgan fingerprint density at radius 2 is 1.90 bits per heavy atom. The Morgan fingerprint density at radius 1 is 1.25 bits per heavy atom. The molecule has 0 amide bonds. The molecule has 0 fully saturated rings. The van der Waals surface area contributed by atoms with E-state index in [9.17, 15) is 8.96 Å². The minimum Gasteiger partial charge on any atom is -0.307 e. The van der Waals surface area contributed by atoms with Crippen LogP contribution in [0.15, 0.2) is 36.5 Å². The van der Waals surface area contributed by atoms with Crippen LogP contribution in [0.3, 0.4) is 0 Å². The third kappa shape index (κ3) is 3.06. The number of para-hydroxylation sites is 1. The number of aromatic nitrogens is 1. The van der Waals surface area contributed by atoms with Crippen molar-refractivity contribution in [3.63, 3.8) is 0 Å². The van der Waals surface area contributed by atoms with Gasteiger partial charge in [-0.3, -0.25) is 9.55 Å². The SMILES string of the molecule is CCOP(=O)(OCC)[C@H](F)c1cnc2ccccc2c1. The first kappa shape index (κ1) is 15.1. The van der Waals surface area contributed by atoms with Gasteiger partial charge in [0.2, 0.25) is 5.91 Å². The highest BCUT2D eigenvalue weighted by Gasteiger charge is 2.37. The molecule has 6 heteroatoms. The van der Waals surface area contributed by atoms with Gasteiger partial charge in [-0.15, -0.1) is 0 Å². The quantitative estimate of drug-likeness (QED) is 0.738. The Morgan fingerprint density at radius 3 is 2.55 bits per heavy atom. The van der Waals surface area contributed by atoms with Gasteiger partial charge in [0.1, 0.15) is 0 Å². The molecule has 0 saturated carbocycles. The van der Waals surface area contributed by atoms with Crippen LogP contribution < -0.4 is 0 Å². The Kier molecular flexibility index (Phi) is 4.86. The van der Waals surface area contributed by atoms with Crippen molar-refractivity contribution in [2.24, 2.45) is 0 Å². The average Bonchev–Trinajstić information content (AvgIpc) is 2.46. The molecule has 4 nitrogen and oxygen atoms in total. The summed E-state index contributed by atoms with van der Waals surface area (Å²) in [6, 6.07) is 8.97. The van der Waals surface area contributed by atoms with E-state index in [2.05, 4.69) is 4.98 Å². The maximum atomic E-state index is 14.5. The predicted molar refractivity (Wildman–Crippen MR) is 76.5 cm³/mol. The van der Waals surface area contributed by atoms with E-state index in [1.807, 2.05) is 24.3 Å². The number of fused-ring (bicyclic) bond motifs is 1. The van der Waals surface area contributed by atoms with Gasteiger partial charge in [0.15, 0.2) is 0 Å². The highest BCUT2D eigenvalue weighted by Crippen LogP contribution is 2.61. The minimum absolute atomic E-state index is 0.124. The van der Waals surface area contributed by atoms with Gasteiger partial charge in [-0.2, -0.15) is 0 Å².